The fraction of sp³-hybridized carbons (Fsp3) is 0.938. The standard InChI is InChI=1S/C16H30N2O3/c1-3-20-15(14-6-4-5-7-14)8-9-17-16(19)18-10-11-21-13(2)12-18/h13-15H,3-12H2,1-2H3,(H,17,19)/t13-,15-/m0/s1. The molecular weight excluding hydrogens is 268 g/mol. The molecule has 2 atom stereocenters. The van der Waals surface area contributed by atoms with Crippen molar-refractivity contribution in [3.8, 4) is 0 Å². The normalized spacial score (nSPS) is 25.0. The molecule has 0 aromatic heterocycles. The predicted molar refractivity (Wildman–Crippen MR) is 82.4 cm³/mol. The van der Waals surface area contributed by atoms with Crippen molar-refractivity contribution >= 4 is 6.03 Å². The molecule has 0 spiro atoms. The lowest BCUT2D eigenvalue weighted by atomic mass is 9.98. The predicted octanol–water partition coefficient (Wildman–Crippen LogP) is 2.40. The molecular formula is C16H30N2O3. The highest BCUT2D eigenvalue weighted by Crippen LogP contribution is 2.30. The van der Waals surface area contributed by atoms with Crippen LogP contribution in [0, 0.1) is 5.92 Å². The average Bonchev–Trinajstić information content (AvgIpc) is 3.00. The zero-order chi connectivity index (χ0) is 15.1. The fourth-order valence-corrected chi connectivity index (χ4v) is 3.43. The molecule has 1 aliphatic carbocycles. The number of nitrogens with one attached hydrogen (secondary N) is 1. The first-order chi connectivity index (χ1) is 10.2. The van der Waals surface area contributed by atoms with Gasteiger partial charge in [0.15, 0.2) is 0 Å². The van der Waals surface area contributed by atoms with E-state index in [0.29, 0.717) is 38.3 Å². The Labute approximate surface area is 128 Å². The second-order valence-corrected chi connectivity index (χ2v) is 6.19. The molecule has 5 heteroatoms. The molecule has 2 amide bonds. The van der Waals surface area contributed by atoms with E-state index in [1.165, 1.54) is 25.7 Å². The summed E-state index contributed by atoms with van der Waals surface area (Å²) in [7, 11) is 0. The Morgan fingerprint density at radius 1 is 1.43 bits per heavy atom. The minimum absolute atomic E-state index is 0.0341. The largest absolute Gasteiger partial charge is 0.378 e. The van der Waals surface area contributed by atoms with Crippen molar-refractivity contribution in [3.63, 3.8) is 0 Å². The summed E-state index contributed by atoms with van der Waals surface area (Å²) in [6.45, 7) is 7.53. The van der Waals surface area contributed by atoms with Gasteiger partial charge in [0.05, 0.1) is 18.8 Å². The Morgan fingerprint density at radius 3 is 2.86 bits per heavy atom. The van der Waals surface area contributed by atoms with Crippen molar-refractivity contribution in [2.45, 2.75) is 58.2 Å². The van der Waals surface area contributed by atoms with Crippen LogP contribution in [0.25, 0.3) is 0 Å². The van der Waals surface area contributed by atoms with E-state index in [9.17, 15) is 4.79 Å². The third-order valence-corrected chi connectivity index (χ3v) is 4.54. The summed E-state index contributed by atoms with van der Waals surface area (Å²) < 4.78 is 11.3. The quantitative estimate of drug-likeness (QED) is 0.819. The van der Waals surface area contributed by atoms with Gasteiger partial charge in [0.25, 0.3) is 0 Å². The molecule has 122 valence electrons. The lowest BCUT2D eigenvalue weighted by molar-refractivity contribution is -0.00437. The molecule has 5 nitrogen and oxygen atoms in total. The minimum Gasteiger partial charge on any atom is -0.378 e. The number of amides is 2. The molecule has 1 saturated heterocycles. The number of carbonyl (C=O) groups is 1. The van der Waals surface area contributed by atoms with Crippen LogP contribution in [0.2, 0.25) is 0 Å². The highest BCUT2D eigenvalue weighted by Gasteiger charge is 2.26. The number of urea groups is 1. The monoisotopic (exact) mass is 298 g/mol. The van der Waals surface area contributed by atoms with E-state index in [1.54, 1.807) is 0 Å². The van der Waals surface area contributed by atoms with Crippen LogP contribution in [0.5, 0.6) is 0 Å². The number of rotatable bonds is 6. The molecule has 0 radical (unpaired) electrons. The Bertz CT molecular complexity index is 319. The Morgan fingerprint density at radius 2 is 2.19 bits per heavy atom. The SMILES string of the molecule is CCO[C@@H](CCNC(=O)N1CCO[C@@H](C)C1)C1CCCC1. The molecule has 1 aliphatic heterocycles. The van der Waals surface area contributed by atoms with Gasteiger partial charge in [-0.3, -0.25) is 0 Å². The summed E-state index contributed by atoms with van der Waals surface area (Å²) in [6, 6.07) is 0.0341. The van der Waals surface area contributed by atoms with E-state index in [0.717, 1.165) is 13.0 Å². The molecule has 1 saturated carbocycles. The molecule has 0 unspecified atom stereocenters. The van der Waals surface area contributed by atoms with Crippen molar-refractivity contribution in [1.82, 2.24) is 10.2 Å². The van der Waals surface area contributed by atoms with E-state index >= 15 is 0 Å². The van der Waals surface area contributed by atoms with Gasteiger partial charge in [-0.25, -0.2) is 4.79 Å². The van der Waals surface area contributed by atoms with Crippen LogP contribution in [0.1, 0.15) is 46.0 Å². The van der Waals surface area contributed by atoms with Crippen LogP contribution >= 0.6 is 0 Å². The Kier molecular flexibility index (Phi) is 6.77. The topological polar surface area (TPSA) is 50.8 Å². The zero-order valence-electron chi connectivity index (χ0n) is 13.5. The highest BCUT2D eigenvalue weighted by atomic mass is 16.5. The summed E-state index contributed by atoms with van der Waals surface area (Å²) in [6.07, 6.45) is 6.57. The van der Waals surface area contributed by atoms with Gasteiger partial charge < -0.3 is 19.7 Å². The molecule has 1 N–H and O–H groups in total. The molecule has 2 aliphatic rings. The van der Waals surface area contributed by atoms with Crippen molar-refractivity contribution in [2.24, 2.45) is 5.92 Å². The molecule has 2 fully saturated rings. The van der Waals surface area contributed by atoms with Crippen LogP contribution in [0.15, 0.2) is 0 Å². The van der Waals surface area contributed by atoms with Crippen LogP contribution < -0.4 is 5.32 Å². The van der Waals surface area contributed by atoms with Gasteiger partial charge in [0, 0.05) is 26.2 Å². The Hall–Kier alpha value is -0.810. The summed E-state index contributed by atoms with van der Waals surface area (Å²) >= 11 is 0. The van der Waals surface area contributed by atoms with Gasteiger partial charge in [-0.1, -0.05) is 12.8 Å². The van der Waals surface area contributed by atoms with Crippen molar-refractivity contribution in [1.29, 1.82) is 0 Å². The Balaban J connectivity index is 1.69. The third-order valence-electron chi connectivity index (χ3n) is 4.54. The second-order valence-electron chi connectivity index (χ2n) is 6.19. The van der Waals surface area contributed by atoms with Crippen molar-refractivity contribution in [2.75, 3.05) is 32.8 Å². The van der Waals surface area contributed by atoms with Gasteiger partial charge in [0.1, 0.15) is 0 Å². The van der Waals surface area contributed by atoms with E-state index < -0.39 is 0 Å². The van der Waals surface area contributed by atoms with Gasteiger partial charge >= 0.3 is 6.03 Å². The lowest BCUT2D eigenvalue weighted by Crippen LogP contribution is -2.49. The van der Waals surface area contributed by atoms with Crippen molar-refractivity contribution in [3.05, 3.63) is 0 Å². The molecule has 21 heavy (non-hydrogen) atoms. The maximum atomic E-state index is 12.1. The highest BCUT2D eigenvalue weighted by molar-refractivity contribution is 5.74. The number of hydrogen-bond donors (Lipinski definition) is 1. The lowest BCUT2D eigenvalue weighted by Gasteiger charge is -2.31. The third kappa shape index (κ3) is 5.15. The maximum absolute atomic E-state index is 12.1. The molecule has 0 aromatic carbocycles. The maximum Gasteiger partial charge on any atom is 0.317 e. The van der Waals surface area contributed by atoms with E-state index in [1.807, 2.05) is 11.8 Å². The first-order valence-corrected chi connectivity index (χ1v) is 8.46. The number of hydrogen-bond acceptors (Lipinski definition) is 3. The van der Waals surface area contributed by atoms with E-state index in [4.69, 9.17) is 9.47 Å². The smallest absolute Gasteiger partial charge is 0.317 e. The van der Waals surface area contributed by atoms with E-state index in [2.05, 4.69) is 12.2 Å². The van der Waals surface area contributed by atoms with Gasteiger partial charge in [-0.2, -0.15) is 0 Å². The van der Waals surface area contributed by atoms with Crippen LogP contribution in [0.4, 0.5) is 4.79 Å². The molecule has 0 aromatic rings. The van der Waals surface area contributed by atoms with Gasteiger partial charge in [0.2, 0.25) is 0 Å². The number of morpholine rings is 1. The zero-order valence-corrected chi connectivity index (χ0v) is 13.5. The summed E-state index contributed by atoms with van der Waals surface area (Å²) in [5.74, 6) is 0.685. The first-order valence-electron chi connectivity index (χ1n) is 8.46. The van der Waals surface area contributed by atoms with Crippen LogP contribution in [0.3, 0.4) is 0 Å². The van der Waals surface area contributed by atoms with Gasteiger partial charge in [-0.05, 0) is 39.0 Å². The molecule has 1 heterocycles. The van der Waals surface area contributed by atoms with Crippen LogP contribution in [-0.2, 0) is 9.47 Å². The second kappa shape index (κ2) is 8.59. The minimum atomic E-state index is 0.0341. The number of nitrogens with zero attached hydrogens (tertiary/aromatic N) is 1. The van der Waals surface area contributed by atoms with Crippen molar-refractivity contribution < 1.29 is 14.3 Å². The first kappa shape index (κ1) is 16.6. The average molecular weight is 298 g/mol. The van der Waals surface area contributed by atoms with Crippen LogP contribution in [-0.4, -0.2) is 56.0 Å². The molecule has 0 bridgehead atoms. The molecule has 2 rings (SSSR count). The fourth-order valence-electron chi connectivity index (χ4n) is 3.43. The number of carbonyl (C=O) groups excluding carboxylic acids is 1. The summed E-state index contributed by atoms with van der Waals surface area (Å²) in [5.41, 5.74) is 0. The number of ether oxygens (including phenoxy) is 2. The van der Waals surface area contributed by atoms with E-state index in [-0.39, 0.29) is 12.1 Å². The summed E-state index contributed by atoms with van der Waals surface area (Å²) in [5, 5.41) is 3.04. The summed E-state index contributed by atoms with van der Waals surface area (Å²) in [4.78, 5) is 14.0. The van der Waals surface area contributed by atoms with Gasteiger partial charge in [-0.15, -0.1) is 0 Å².